The highest BCUT2D eigenvalue weighted by Gasteiger charge is 2.57. The van der Waals surface area contributed by atoms with Crippen LogP contribution in [0.25, 0.3) is 0 Å². The molecule has 14 N–H and O–H groups in total. The maximum Gasteiger partial charge on any atom is 0.242 e. The summed E-state index contributed by atoms with van der Waals surface area (Å²) in [5.74, 6) is 2.57. The van der Waals surface area contributed by atoms with Gasteiger partial charge in [-0.05, 0) is 73.2 Å². The molecule has 76 heavy (non-hydrogen) atoms. The Morgan fingerprint density at radius 3 is 2.68 bits per heavy atom. The fraction of sp³-hybridized carbons (Fsp3) is 0.481. The van der Waals surface area contributed by atoms with Gasteiger partial charge in [-0.2, -0.15) is 0 Å². The summed E-state index contributed by atoms with van der Waals surface area (Å²) in [7, 11) is 1.79. The molecule has 1 aliphatic carbocycles. The Morgan fingerprint density at radius 2 is 1.88 bits per heavy atom. The van der Waals surface area contributed by atoms with E-state index in [0.717, 1.165) is 11.1 Å². The third-order valence-corrected chi connectivity index (χ3v) is 15.3. The van der Waals surface area contributed by atoms with E-state index in [0.29, 0.717) is 42.0 Å². The van der Waals surface area contributed by atoms with Gasteiger partial charge in [0, 0.05) is 65.4 Å². The summed E-state index contributed by atoms with van der Waals surface area (Å²) in [5.41, 5.74) is 13.5. The summed E-state index contributed by atoms with van der Waals surface area (Å²) >= 11 is 0. The third kappa shape index (κ3) is 9.98. The molecule has 404 valence electrons. The molecule has 22 nitrogen and oxygen atoms in total. The fourth-order valence-corrected chi connectivity index (χ4v) is 11.4. The number of aldehydes is 1. The molecule has 22 heteroatoms. The van der Waals surface area contributed by atoms with E-state index in [4.69, 9.17) is 35.2 Å². The van der Waals surface area contributed by atoms with Gasteiger partial charge in [0.25, 0.3) is 0 Å². The number of nitrogens with one attached hydrogen (secondary N) is 5. The van der Waals surface area contributed by atoms with Gasteiger partial charge in [0.05, 0.1) is 50.9 Å². The molecule has 3 fully saturated rings. The van der Waals surface area contributed by atoms with Crippen molar-refractivity contribution in [3.8, 4) is 23.3 Å². The first-order valence-corrected chi connectivity index (χ1v) is 25.6. The van der Waals surface area contributed by atoms with Gasteiger partial charge in [0.15, 0.2) is 28.7 Å². The number of ether oxygens (including phenoxy) is 5. The number of ketones is 2. The number of dihydropyridines is 1. The molecule has 12 atom stereocenters. The van der Waals surface area contributed by atoms with E-state index in [1.54, 1.807) is 19.2 Å². The lowest BCUT2D eigenvalue weighted by molar-refractivity contribution is -0.308. The topological polar surface area (TPSA) is 331 Å². The van der Waals surface area contributed by atoms with Crippen LogP contribution in [0.2, 0.25) is 0 Å². The van der Waals surface area contributed by atoms with E-state index in [1.807, 2.05) is 35.2 Å². The maximum absolute atomic E-state index is 15.2. The molecule has 7 aliphatic rings. The van der Waals surface area contributed by atoms with E-state index in [2.05, 4.69) is 38.4 Å². The summed E-state index contributed by atoms with van der Waals surface area (Å²) < 4.78 is 33.6. The fourth-order valence-electron chi connectivity index (χ4n) is 11.4. The number of hydrogen-bond acceptors (Lipinski definition) is 21. The zero-order chi connectivity index (χ0) is 53.4. The average Bonchev–Trinajstić information content (AvgIpc) is 3.86. The highest BCUT2D eigenvalue weighted by Crippen LogP contribution is 2.52. The number of hydrogen-bond donors (Lipinski definition) is 12. The van der Waals surface area contributed by atoms with Crippen LogP contribution in [0.1, 0.15) is 86.6 Å². The third-order valence-electron chi connectivity index (χ3n) is 15.3. The first-order valence-electron chi connectivity index (χ1n) is 25.6. The Hall–Kier alpha value is -6.30. The smallest absolute Gasteiger partial charge is 0.242 e. The van der Waals surface area contributed by atoms with Crippen molar-refractivity contribution in [2.24, 2.45) is 17.4 Å². The van der Waals surface area contributed by atoms with Crippen LogP contribution in [0.5, 0.6) is 11.5 Å². The Kier molecular flexibility index (Phi) is 15.6. The van der Waals surface area contributed by atoms with Crippen LogP contribution >= 0.6 is 0 Å². The number of carbonyl (C=O) groups is 4. The number of likely N-dealkylation sites (N-methyl/N-ethyl adjacent to an activating group) is 1. The minimum absolute atomic E-state index is 0.0355. The van der Waals surface area contributed by atoms with Gasteiger partial charge in [-0.3, -0.25) is 30.8 Å². The van der Waals surface area contributed by atoms with Gasteiger partial charge in [-0.1, -0.05) is 42.2 Å². The lowest BCUT2D eigenvalue weighted by atomic mass is 9.74. The number of nitrogens with zero attached hydrogens (tertiary/aromatic N) is 1. The van der Waals surface area contributed by atoms with Crippen LogP contribution in [0, 0.1) is 17.8 Å². The number of benzene rings is 3. The van der Waals surface area contributed by atoms with Crippen molar-refractivity contribution in [2.75, 3.05) is 58.1 Å². The molecule has 3 aromatic rings. The molecule has 0 spiro atoms. The van der Waals surface area contributed by atoms with E-state index < -0.39 is 97.5 Å². The van der Waals surface area contributed by atoms with Gasteiger partial charge < -0.3 is 80.6 Å². The second kappa shape index (κ2) is 22.3. The van der Waals surface area contributed by atoms with E-state index in [9.17, 15) is 35.1 Å². The van der Waals surface area contributed by atoms with Crippen molar-refractivity contribution >= 4 is 29.4 Å². The van der Waals surface area contributed by atoms with Crippen molar-refractivity contribution in [3.63, 3.8) is 0 Å². The second-order valence-electron chi connectivity index (χ2n) is 20.1. The van der Waals surface area contributed by atoms with Crippen LogP contribution in [-0.2, 0) is 30.4 Å². The zero-order valence-corrected chi connectivity index (χ0v) is 41.8. The van der Waals surface area contributed by atoms with Crippen molar-refractivity contribution in [2.45, 2.75) is 106 Å². The number of anilines is 1. The van der Waals surface area contributed by atoms with Crippen LogP contribution in [-0.4, -0.2) is 163 Å². The predicted octanol–water partition coefficient (Wildman–Crippen LogP) is -1.48. The molecule has 0 saturated carbocycles. The minimum atomic E-state index is -2.37. The maximum atomic E-state index is 15.2. The van der Waals surface area contributed by atoms with Gasteiger partial charge in [-0.15, -0.1) is 0 Å². The summed E-state index contributed by atoms with van der Waals surface area (Å²) in [4.78, 5) is 57.4. The number of para-hydroxylation sites is 1. The molecule has 3 bridgehead atoms. The van der Waals surface area contributed by atoms with Gasteiger partial charge in [0.2, 0.25) is 12.2 Å². The molecular formula is C54H64N8O14. The summed E-state index contributed by atoms with van der Waals surface area (Å²) in [6.07, 6.45) is -7.79. The molecular weight excluding hydrogens is 985 g/mol. The monoisotopic (exact) mass is 1050 g/mol. The molecule has 3 saturated heterocycles. The number of rotatable bonds is 14. The lowest BCUT2D eigenvalue weighted by Crippen LogP contribution is -2.70. The summed E-state index contributed by atoms with van der Waals surface area (Å²) in [6.45, 7) is -0.422. The van der Waals surface area contributed by atoms with Gasteiger partial charge >= 0.3 is 0 Å². The average molecular weight is 1050 g/mol. The second-order valence-corrected chi connectivity index (χ2v) is 20.1. The Labute approximate surface area is 438 Å². The standard InChI is InChI=1S/C54H64N8O14/c1-57-21-37-28(12-16-58-49(37)55)14-18-73-47-48(69)54(71)15-4-5-30(65)10-9-29-23-72-25-39(54)75-52(47)76-45-36(40(29)33-6-2-3-7-38(33)62-26-59-42-50(62)60-53(56)61-51(42)70)20-35-41(46(45)74-24-31(66)13-17-63)44(68)34-19-27(22-64)8-11-32(34)43(35)67/h2-3,6-8,11-12,17,19-20,29-31,39-40,42,47-48,50,52-53,57-60,64-66,69,71H,5,9-10,13-14,16,18,21-26,55-56H2,1H3,(H,61,70)/t29-,30-,31-,39+,40+,42-,47+,48+,50-,52-,53+,54+/m1/s1. The molecule has 6 aliphatic heterocycles. The van der Waals surface area contributed by atoms with E-state index in [-0.39, 0.29) is 104 Å². The molecule has 3 aromatic carbocycles. The van der Waals surface area contributed by atoms with Gasteiger partial charge in [-0.25, -0.2) is 0 Å². The molecule has 0 radical (unpaired) electrons. The van der Waals surface area contributed by atoms with E-state index >= 15 is 9.59 Å². The van der Waals surface area contributed by atoms with Crippen LogP contribution in [0.3, 0.4) is 0 Å². The Balaban J connectivity index is 1.21. The number of fused-ring (bicyclic) bond motifs is 8. The molecule has 0 unspecified atom stereocenters. The zero-order valence-electron chi connectivity index (χ0n) is 41.8. The number of nitrogens with two attached hydrogens (primary N) is 2. The SMILES string of the molecule is CNCC1=C(N)NCC=C1CCO[C@@H]1[C@H]2Oc3c(cc4c(c3OC[C@H](O)CC=O)C(=O)c3cc(CO)ccc3C4=O)[C@H](c3ccccc3N3CN[C@H]4C(=O)N[C@@H](N)N[C@@H]43)[C@@H]3CC[C@H](O)CC#C[C@](O)([C@H](COC3)O2)[C@H]1O. The Bertz CT molecular complexity index is 2890. The highest BCUT2D eigenvalue weighted by atomic mass is 16.7. The van der Waals surface area contributed by atoms with Crippen molar-refractivity contribution in [3.05, 3.63) is 111 Å². The van der Waals surface area contributed by atoms with Crippen molar-refractivity contribution < 1.29 is 68.4 Å². The lowest BCUT2D eigenvalue weighted by Gasteiger charge is -2.47. The first kappa shape index (κ1) is 53.1. The van der Waals surface area contributed by atoms with Crippen molar-refractivity contribution in [1.29, 1.82) is 0 Å². The van der Waals surface area contributed by atoms with E-state index in [1.165, 1.54) is 12.1 Å². The minimum Gasteiger partial charge on any atom is -0.486 e. The highest BCUT2D eigenvalue weighted by molar-refractivity contribution is 6.29. The van der Waals surface area contributed by atoms with Crippen LogP contribution in [0.4, 0.5) is 5.69 Å². The van der Waals surface area contributed by atoms with Crippen molar-refractivity contribution in [1.82, 2.24) is 26.6 Å². The summed E-state index contributed by atoms with van der Waals surface area (Å²) in [5, 5.41) is 73.8. The van der Waals surface area contributed by atoms with Crippen LogP contribution in [0.15, 0.2) is 71.6 Å². The molecule has 10 rings (SSSR count). The molecule has 1 amide bonds. The normalized spacial score (nSPS) is 30.4. The first-order chi connectivity index (χ1) is 36.7. The number of aliphatic hydroxyl groups excluding tert-OH is 4. The quantitative estimate of drug-likeness (QED) is 0.0506. The number of aliphatic hydroxyl groups is 5. The van der Waals surface area contributed by atoms with Crippen LogP contribution < -0.4 is 52.4 Å². The Morgan fingerprint density at radius 1 is 1.05 bits per heavy atom. The number of amides is 1. The predicted molar refractivity (Wildman–Crippen MR) is 271 cm³/mol. The number of carbonyl (C=O) groups excluding carboxylic acids is 4. The largest absolute Gasteiger partial charge is 0.486 e. The van der Waals surface area contributed by atoms with Gasteiger partial charge in [0.1, 0.15) is 55.5 Å². The summed E-state index contributed by atoms with van der Waals surface area (Å²) in [6, 6.07) is 12.7. The molecule has 0 aromatic heterocycles. The molecule has 6 heterocycles.